The number of hydrogen-bond donors (Lipinski definition) is 2. The molecule has 12 heavy (non-hydrogen) atoms. The van der Waals surface area contributed by atoms with E-state index in [9.17, 15) is 9.59 Å². The minimum absolute atomic E-state index is 0.0255. The number of epoxide rings is 1. The fourth-order valence-electron chi connectivity index (χ4n) is 0.381. The van der Waals surface area contributed by atoms with Gasteiger partial charge in [0.1, 0.15) is 0 Å². The first-order chi connectivity index (χ1) is 5.56. The van der Waals surface area contributed by atoms with Gasteiger partial charge in [0.25, 0.3) is 0 Å². The van der Waals surface area contributed by atoms with Crippen LogP contribution < -0.4 is 0 Å². The Bertz CT molecular complexity index is 182. The van der Waals surface area contributed by atoms with E-state index in [0.29, 0.717) is 6.61 Å². The van der Waals surface area contributed by atoms with E-state index in [0.717, 1.165) is 6.08 Å². The van der Waals surface area contributed by atoms with Crippen LogP contribution in [0.4, 0.5) is 0 Å². The molecule has 1 aliphatic heterocycles. The molecular weight excluding hydrogens is 164 g/mol. The van der Waals surface area contributed by atoms with Crippen molar-refractivity contribution < 1.29 is 24.5 Å². The maximum atomic E-state index is 9.77. The summed E-state index contributed by atoms with van der Waals surface area (Å²) < 4.78 is 4.64. The zero-order valence-corrected chi connectivity index (χ0v) is 6.40. The fraction of sp³-hybridized carbons (Fsp3) is 0.429. The van der Waals surface area contributed by atoms with E-state index in [1.165, 1.54) is 0 Å². The first-order valence-corrected chi connectivity index (χ1v) is 3.25. The van der Waals surface area contributed by atoms with Crippen molar-refractivity contribution in [2.24, 2.45) is 0 Å². The quantitative estimate of drug-likeness (QED) is 0.468. The molecule has 0 radical (unpaired) electrons. The van der Waals surface area contributed by atoms with Crippen molar-refractivity contribution in [1.29, 1.82) is 0 Å². The highest BCUT2D eigenvalue weighted by Crippen LogP contribution is 2.12. The van der Waals surface area contributed by atoms with Gasteiger partial charge in [-0.1, -0.05) is 6.58 Å². The van der Waals surface area contributed by atoms with Gasteiger partial charge < -0.3 is 14.9 Å². The number of rotatable bonds is 3. The number of ether oxygens (including phenoxy) is 1. The maximum absolute atomic E-state index is 9.77. The zero-order chi connectivity index (χ0) is 9.56. The van der Waals surface area contributed by atoms with E-state index in [4.69, 9.17) is 10.2 Å². The van der Waals surface area contributed by atoms with Gasteiger partial charge in [-0.2, -0.15) is 0 Å². The molecule has 0 spiro atoms. The Balaban J connectivity index is 0.000000217. The fourth-order valence-corrected chi connectivity index (χ4v) is 0.381. The van der Waals surface area contributed by atoms with Crippen LogP contribution in [-0.2, 0) is 14.3 Å². The summed E-state index contributed by atoms with van der Waals surface area (Å²) in [5, 5.41) is 15.6. The van der Waals surface area contributed by atoms with Gasteiger partial charge in [0.05, 0.1) is 19.1 Å². The van der Waals surface area contributed by atoms with Crippen LogP contribution >= 0.6 is 0 Å². The molecule has 68 valence electrons. The summed E-state index contributed by atoms with van der Waals surface area (Å²) in [6.45, 7) is 3.59. The van der Waals surface area contributed by atoms with Crippen molar-refractivity contribution in [2.75, 3.05) is 6.61 Å². The van der Waals surface area contributed by atoms with Crippen molar-refractivity contribution >= 4 is 11.9 Å². The van der Waals surface area contributed by atoms with Gasteiger partial charge in [0.2, 0.25) is 0 Å². The van der Waals surface area contributed by atoms with Crippen LogP contribution in [0.3, 0.4) is 0 Å². The second-order valence-corrected chi connectivity index (χ2v) is 2.10. The highest BCUT2D eigenvalue weighted by Gasteiger charge is 2.24. The summed E-state index contributed by atoms with van der Waals surface area (Å²) in [5.41, 5.74) is 0. The first kappa shape index (κ1) is 10.6. The monoisotopic (exact) mass is 174 g/mol. The number of aliphatic carboxylic acids is 2. The summed E-state index contributed by atoms with van der Waals surface area (Å²) in [4.78, 5) is 19.0. The average molecular weight is 174 g/mol. The van der Waals surface area contributed by atoms with E-state index in [1.54, 1.807) is 0 Å². The van der Waals surface area contributed by atoms with Gasteiger partial charge in [0.15, 0.2) is 0 Å². The number of hydrogen-bond acceptors (Lipinski definition) is 3. The SMILES string of the molecule is C=CC(=O)O.O=C(O)CC1CO1. The van der Waals surface area contributed by atoms with E-state index >= 15 is 0 Å². The lowest BCUT2D eigenvalue weighted by Gasteiger charge is -1.80. The predicted molar refractivity (Wildman–Crippen MR) is 39.8 cm³/mol. The van der Waals surface area contributed by atoms with Crippen molar-refractivity contribution in [1.82, 2.24) is 0 Å². The Hall–Kier alpha value is -1.36. The molecule has 0 aromatic heterocycles. The average Bonchev–Trinajstić information content (AvgIpc) is 2.72. The summed E-state index contributed by atoms with van der Waals surface area (Å²) in [6, 6.07) is 0. The summed E-state index contributed by atoms with van der Waals surface area (Å²) >= 11 is 0. The molecule has 5 heteroatoms. The second kappa shape index (κ2) is 5.31. The molecule has 1 heterocycles. The molecule has 0 aromatic rings. The standard InChI is InChI=1S/C4H6O3.C3H4O2/c5-4(6)1-3-2-7-3;1-2-3(4)5/h3H,1-2H2,(H,5,6);2H,1H2,(H,4,5). The summed E-state index contributed by atoms with van der Waals surface area (Å²) in [7, 11) is 0. The molecule has 1 atom stereocenters. The van der Waals surface area contributed by atoms with Crippen LogP contribution in [0.5, 0.6) is 0 Å². The smallest absolute Gasteiger partial charge is 0.327 e. The molecule has 1 saturated heterocycles. The highest BCUT2D eigenvalue weighted by atomic mass is 16.6. The molecule has 1 unspecified atom stereocenters. The Kier molecular flexibility index (Phi) is 4.71. The number of carboxylic acid groups (broad SMARTS) is 2. The lowest BCUT2D eigenvalue weighted by molar-refractivity contribution is -0.137. The predicted octanol–water partition coefficient (Wildman–Crippen LogP) is 0.117. The molecule has 1 fully saturated rings. The van der Waals surface area contributed by atoms with Gasteiger partial charge in [0, 0.05) is 6.08 Å². The normalized spacial score (nSPS) is 18.5. The maximum Gasteiger partial charge on any atom is 0.327 e. The number of carbonyl (C=O) groups is 2. The molecule has 0 saturated carbocycles. The lowest BCUT2D eigenvalue weighted by atomic mass is 10.3. The van der Waals surface area contributed by atoms with Crippen LogP contribution in [0.25, 0.3) is 0 Å². The Morgan fingerprint density at radius 3 is 2.08 bits per heavy atom. The summed E-state index contributed by atoms with van der Waals surface area (Å²) in [6.07, 6.45) is 1.03. The molecule has 0 bridgehead atoms. The largest absolute Gasteiger partial charge is 0.481 e. The Morgan fingerprint density at radius 2 is 2.00 bits per heavy atom. The van der Waals surface area contributed by atoms with E-state index in [1.807, 2.05) is 0 Å². The van der Waals surface area contributed by atoms with Crippen LogP contribution in [0, 0.1) is 0 Å². The van der Waals surface area contributed by atoms with Crippen LogP contribution in [0.1, 0.15) is 6.42 Å². The van der Waals surface area contributed by atoms with Gasteiger partial charge >= 0.3 is 11.9 Å². The zero-order valence-electron chi connectivity index (χ0n) is 6.40. The second-order valence-electron chi connectivity index (χ2n) is 2.10. The molecule has 2 N–H and O–H groups in total. The van der Waals surface area contributed by atoms with E-state index in [-0.39, 0.29) is 12.5 Å². The van der Waals surface area contributed by atoms with Crippen molar-refractivity contribution in [3.8, 4) is 0 Å². The van der Waals surface area contributed by atoms with Crippen molar-refractivity contribution in [3.63, 3.8) is 0 Å². The van der Waals surface area contributed by atoms with Crippen LogP contribution in [-0.4, -0.2) is 34.9 Å². The van der Waals surface area contributed by atoms with Gasteiger partial charge in [-0.25, -0.2) is 4.79 Å². The molecule has 0 aromatic carbocycles. The topological polar surface area (TPSA) is 87.1 Å². The minimum Gasteiger partial charge on any atom is -0.481 e. The van der Waals surface area contributed by atoms with Crippen molar-refractivity contribution in [2.45, 2.75) is 12.5 Å². The Morgan fingerprint density at radius 1 is 1.58 bits per heavy atom. The third kappa shape index (κ3) is 8.64. The lowest BCUT2D eigenvalue weighted by Crippen LogP contribution is -1.98. The van der Waals surface area contributed by atoms with E-state index < -0.39 is 11.9 Å². The molecule has 5 nitrogen and oxygen atoms in total. The third-order valence-electron chi connectivity index (χ3n) is 0.979. The van der Waals surface area contributed by atoms with Gasteiger partial charge in [-0.05, 0) is 0 Å². The van der Waals surface area contributed by atoms with E-state index in [2.05, 4.69) is 11.3 Å². The van der Waals surface area contributed by atoms with Gasteiger partial charge in [-0.15, -0.1) is 0 Å². The van der Waals surface area contributed by atoms with Crippen molar-refractivity contribution in [3.05, 3.63) is 12.7 Å². The minimum atomic E-state index is -0.981. The van der Waals surface area contributed by atoms with Gasteiger partial charge in [-0.3, -0.25) is 4.79 Å². The first-order valence-electron chi connectivity index (χ1n) is 3.25. The molecule has 0 amide bonds. The molecule has 1 rings (SSSR count). The third-order valence-corrected chi connectivity index (χ3v) is 0.979. The summed E-state index contributed by atoms with van der Waals surface area (Å²) in [5.74, 6) is -1.76. The Labute approximate surface area is 69.3 Å². The molecular formula is C7H10O5. The van der Waals surface area contributed by atoms with Crippen LogP contribution in [0.15, 0.2) is 12.7 Å². The molecule has 1 aliphatic rings. The van der Waals surface area contributed by atoms with Crippen LogP contribution in [0.2, 0.25) is 0 Å². The molecule has 0 aliphatic carbocycles. The number of carboxylic acids is 2. The highest BCUT2D eigenvalue weighted by molar-refractivity contribution is 5.78.